The predicted octanol–water partition coefficient (Wildman–Crippen LogP) is 4.58. The van der Waals surface area contributed by atoms with Crippen LogP contribution in [0.3, 0.4) is 0 Å². The molecule has 0 aliphatic heterocycles. The zero-order chi connectivity index (χ0) is 24.2. The van der Waals surface area contributed by atoms with E-state index in [9.17, 15) is 18.0 Å². The fraction of sp³-hybridized carbons (Fsp3) is 0.167. The highest BCUT2D eigenvalue weighted by molar-refractivity contribution is 7.92. The number of hydrogen-bond acceptors (Lipinski definition) is 5. The molecule has 0 fully saturated rings. The van der Waals surface area contributed by atoms with Crippen molar-refractivity contribution >= 4 is 44.9 Å². The lowest BCUT2D eigenvalue weighted by Crippen LogP contribution is -2.38. The highest BCUT2D eigenvalue weighted by Gasteiger charge is 2.28. The number of ether oxygens (including phenoxy) is 1. The van der Waals surface area contributed by atoms with Crippen LogP contribution in [-0.2, 0) is 19.6 Å². The van der Waals surface area contributed by atoms with E-state index >= 15 is 0 Å². The lowest BCUT2D eigenvalue weighted by molar-refractivity contribution is -0.114. The third-order valence-electron chi connectivity index (χ3n) is 4.89. The maximum absolute atomic E-state index is 13.5. The van der Waals surface area contributed by atoms with Crippen molar-refractivity contribution < 1.29 is 22.7 Å². The Bertz CT molecular complexity index is 1290. The first kappa shape index (κ1) is 24.3. The van der Waals surface area contributed by atoms with Crippen LogP contribution in [0.15, 0.2) is 71.6 Å². The molecule has 0 bridgehead atoms. The molecule has 1 amide bonds. The SMILES string of the molecule is COC(=O)c1cc(NC(=O)CN(c2ccc(C)cc2C)S(=O)(=O)c2ccccc2)ccc1Cl. The van der Waals surface area contributed by atoms with E-state index in [0.717, 1.165) is 9.87 Å². The number of hydrogen-bond donors (Lipinski definition) is 1. The van der Waals surface area contributed by atoms with Gasteiger partial charge in [-0.05, 0) is 55.8 Å². The van der Waals surface area contributed by atoms with Crippen LogP contribution in [0.5, 0.6) is 0 Å². The van der Waals surface area contributed by atoms with Gasteiger partial charge in [0.25, 0.3) is 10.0 Å². The fourth-order valence-corrected chi connectivity index (χ4v) is 5.01. The van der Waals surface area contributed by atoms with Crippen LogP contribution in [0, 0.1) is 13.8 Å². The minimum absolute atomic E-state index is 0.0669. The molecular formula is C24H23ClN2O5S. The van der Waals surface area contributed by atoms with Gasteiger partial charge in [0, 0.05) is 5.69 Å². The number of aryl methyl sites for hydroxylation is 2. The van der Waals surface area contributed by atoms with Gasteiger partial charge in [0.05, 0.1) is 28.3 Å². The van der Waals surface area contributed by atoms with Crippen molar-refractivity contribution in [2.75, 3.05) is 23.3 Å². The average Bonchev–Trinajstić information content (AvgIpc) is 2.79. The van der Waals surface area contributed by atoms with Gasteiger partial charge in [-0.1, -0.05) is 47.5 Å². The Morgan fingerprint density at radius 2 is 1.70 bits per heavy atom. The van der Waals surface area contributed by atoms with Gasteiger partial charge in [-0.3, -0.25) is 9.10 Å². The molecule has 0 spiro atoms. The second kappa shape index (κ2) is 10.1. The first-order valence-electron chi connectivity index (χ1n) is 9.96. The average molecular weight is 487 g/mol. The van der Waals surface area contributed by atoms with Crippen molar-refractivity contribution in [2.24, 2.45) is 0 Å². The molecule has 0 atom stereocenters. The van der Waals surface area contributed by atoms with Crippen LogP contribution < -0.4 is 9.62 Å². The minimum atomic E-state index is -4.03. The lowest BCUT2D eigenvalue weighted by atomic mass is 10.1. The van der Waals surface area contributed by atoms with E-state index < -0.39 is 28.4 Å². The lowest BCUT2D eigenvalue weighted by Gasteiger charge is -2.26. The number of nitrogens with one attached hydrogen (secondary N) is 1. The summed E-state index contributed by atoms with van der Waals surface area (Å²) in [5, 5.41) is 2.80. The predicted molar refractivity (Wildman–Crippen MR) is 128 cm³/mol. The summed E-state index contributed by atoms with van der Waals surface area (Å²) in [5.74, 6) is -1.24. The van der Waals surface area contributed by atoms with Gasteiger partial charge >= 0.3 is 5.97 Å². The highest BCUT2D eigenvalue weighted by Crippen LogP contribution is 2.28. The standard InChI is InChI=1S/C24H23ClN2O5S/c1-16-9-12-22(17(2)13-16)27(33(30,31)19-7-5-4-6-8-19)15-23(28)26-18-10-11-21(25)20(14-18)24(29)32-3/h4-14H,15H2,1-3H3,(H,26,28). The van der Waals surface area contributed by atoms with Crippen LogP contribution in [0.2, 0.25) is 5.02 Å². The van der Waals surface area contributed by atoms with E-state index in [-0.39, 0.29) is 21.2 Å². The number of amides is 1. The molecular weight excluding hydrogens is 464 g/mol. The number of anilines is 2. The summed E-state index contributed by atoms with van der Waals surface area (Å²) in [7, 11) is -2.81. The molecule has 9 heteroatoms. The number of benzene rings is 3. The first-order chi connectivity index (χ1) is 15.6. The van der Waals surface area contributed by atoms with E-state index in [1.165, 1.54) is 37.4 Å². The Labute approximate surface area is 198 Å². The summed E-state index contributed by atoms with van der Waals surface area (Å²) < 4.78 is 32.7. The number of methoxy groups -OCH3 is 1. The maximum Gasteiger partial charge on any atom is 0.339 e. The molecule has 1 N–H and O–H groups in total. The van der Waals surface area contributed by atoms with Gasteiger partial charge < -0.3 is 10.1 Å². The zero-order valence-corrected chi connectivity index (χ0v) is 19.9. The number of carbonyl (C=O) groups is 2. The molecule has 33 heavy (non-hydrogen) atoms. The number of sulfonamides is 1. The molecule has 0 aliphatic rings. The summed E-state index contributed by atoms with van der Waals surface area (Å²) in [6.45, 7) is 3.21. The Morgan fingerprint density at radius 1 is 1.00 bits per heavy atom. The summed E-state index contributed by atoms with van der Waals surface area (Å²) in [5.41, 5.74) is 2.43. The monoisotopic (exact) mass is 486 g/mol. The molecule has 3 rings (SSSR count). The van der Waals surface area contributed by atoms with Gasteiger partial charge in [-0.25, -0.2) is 13.2 Å². The molecule has 3 aromatic carbocycles. The van der Waals surface area contributed by atoms with Crippen LogP contribution in [-0.4, -0.2) is 33.9 Å². The molecule has 0 heterocycles. The van der Waals surface area contributed by atoms with Crippen molar-refractivity contribution in [2.45, 2.75) is 18.7 Å². The number of halogens is 1. The largest absolute Gasteiger partial charge is 0.465 e. The molecule has 7 nitrogen and oxygen atoms in total. The van der Waals surface area contributed by atoms with Gasteiger partial charge in [0.1, 0.15) is 6.54 Å². The van der Waals surface area contributed by atoms with E-state index in [4.69, 9.17) is 16.3 Å². The molecule has 172 valence electrons. The number of nitrogens with zero attached hydrogens (tertiary/aromatic N) is 1. The summed E-state index contributed by atoms with van der Waals surface area (Å²) in [6, 6.07) is 17.6. The molecule has 0 unspecified atom stereocenters. The molecule has 0 aliphatic carbocycles. The minimum Gasteiger partial charge on any atom is -0.465 e. The summed E-state index contributed by atoms with van der Waals surface area (Å²) >= 11 is 6.03. The van der Waals surface area contributed by atoms with Crippen LogP contribution in [0.25, 0.3) is 0 Å². The number of esters is 1. The third-order valence-corrected chi connectivity index (χ3v) is 7.00. The molecule has 0 saturated carbocycles. The van der Waals surface area contributed by atoms with E-state index in [1.807, 2.05) is 13.0 Å². The quantitative estimate of drug-likeness (QED) is 0.493. The molecule has 0 radical (unpaired) electrons. The van der Waals surface area contributed by atoms with Crippen molar-refractivity contribution in [3.05, 3.63) is 88.4 Å². The topological polar surface area (TPSA) is 92.8 Å². The normalized spacial score (nSPS) is 11.0. The zero-order valence-electron chi connectivity index (χ0n) is 18.3. The van der Waals surface area contributed by atoms with Gasteiger partial charge in [-0.2, -0.15) is 0 Å². The Hall–Kier alpha value is -3.36. The first-order valence-corrected chi connectivity index (χ1v) is 11.8. The van der Waals surface area contributed by atoms with Gasteiger partial charge in [0.2, 0.25) is 5.91 Å². The second-order valence-corrected chi connectivity index (χ2v) is 9.62. The van der Waals surface area contributed by atoms with E-state index in [2.05, 4.69) is 5.32 Å². The third kappa shape index (κ3) is 5.53. The van der Waals surface area contributed by atoms with Crippen LogP contribution in [0.4, 0.5) is 11.4 Å². The van der Waals surface area contributed by atoms with Crippen LogP contribution in [0.1, 0.15) is 21.5 Å². The Kier molecular flexibility index (Phi) is 7.40. The van der Waals surface area contributed by atoms with Gasteiger partial charge in [-0.15, -0.1) is 0 Å². The van der Waals surface area contributed by atoms with Crippen molar-refractivity contribution in [3.63, 3.8) is 0 Å². The van der Waals surface area contributed by atoms with Crippen LogP contribution >= 0.6 is 11.6 Å². The molecule has 3 aromatic rings. The van der Waals surface area contributed by atoms with Crippen molar-refractivity contribution in [1.82, 2.24) is 0 Å². The maximum atomic E-state index is 13.5. The summed E-state index contributed by atoms with van der Waals surface area (Å²) in [4.78, 5) is 24.9. The summed E-state index contributed by atoms with van der Waals surface area (Å²) in [6.07, 6.45) is 0. The Balaban J connectivity index is 1.96. The molecule has 0 aromatic heterocycles. The fourth-order valence-electron chi connectivity index (χ4n) is 3.30. The smallest absolute Gasteiger partial charge is 0.339 e. The highest BCUT2D eigenvalue weighted by atomic mass is 35.5. The Morgan fingerprint density at radius 3 is 2.33 bits per heavy atom. The number of carbonyl (C=O) groups excluding carboxylic acids is 2. The van der Waals surface area contributed by atoms with Crippen molar-refractivity contribution in [1.29, 1.82) is 0 Å². The van der Waals surface area contributed by atoms with E-state index in [0.29, 0.717) is 11.3 Å². The second-order valence-electron chi connectivity index (χ2n) is 7.35. The van der Waals surface area contributed by atoms with E-state index in [1.54, 1.807) is 37.3 Å². The molecule has 0 saturated heterocycles. The number of rotatable bonds is 7. The van der Waals surface area contributed by atoms with Gasteiger partial charge in [0.15, 0.2) is 0 Å². The van der Waals surface area contributed by atoms with Crippen molar-refractivity contribution in [3.8, 4) is 0 Å².